The maximum Gasteiger partial charge on any atom is 0.246 e. The van der Waals surface area contributed by atoms with Gasteiger partial charge >= 0.3 is 0 Å². The summed E-state index contributed by atoms with van der Waals surface area (Å²) in [6.45, 7) is 6.29. The lowest BCUT2D eigenvalue weighted by Gasteiger charge is -1.91. The van der Waals surface area contributed by atoms with Crippen molar-refractivity contribution in [1.82, 2.24) is 10.2 Å². The van der Waals surface area contributed by atoms with Crippen LogP contribution >= 0.6 is 0 Å². The fourth-order valence-electron chi connectivity index (χ4n) is 0.662. The van der Waals surface area contributed by atoms with Crippen molar-refractivity contribution < 1.29 is 4.79 Å². The zero-order chi connectivity index (χ0) is 8.85. The molecule has 1 N–H and O–H groups in total. The van der Waals surface area contributed by atoms with Crippen LogP contribution in [0.3, 0.4) is 0 Å². The summed E-state index contributed by atoms with van der Waals surface area (Å²) in [5, 5.41) is 2.75. The molecule has 0 bridgehead atoms. The van der Waals surface area contributed by atoms with Crippen LogP contribution in [0.15, 0.2) is 12.7 Å². The summed E-state index contributed by atoms with van der Waals surface area (Å²) in [7, 11) is 3.75. The average molecular weight is 156 g/mol. The summed E-state index contributed by atoms with van der Waals surface area (Å²) < 4.78 is 0. The summed E-state index contributed by atoms with van der Waals surface area (Å²) in [5.74, 6) is 0.0532. The number of amides is 1. The van der Waals surface area contributed by atoms with Crippen LogP contribution in [0, 0.1) is 0 Å². The van der Waals surface area contributed by atoms with Gasteiger partial charge in [-0.05, 0) is 27.1 Å². The van der Waals surface area contributed by atoms with Crippen LogP contribution in [-0.4, -0.2) is 37.5 Å². The van der Waals surface area contributed by atoms with Crippen molar-refractivity contribution in [2.24, 2.45) is 0 Å². The molecule has 1 aliphatic heterocycles. The lowest BCUT2D eigenvalue weighted by molar-refractivity contribution is -0.121. The van der Waals surface area contributed by atoms with Crippen LogP contribution in [0.1, 0.15) is 6.92 Å². The molecule has 1 aliphatic rings. The van der Waals surface area contributed by atoms with Gasteiger partial charge in [-0.1, -0.05) is 6.58 Å². The fourth-order valence-corrected chi connectivity index (χ4v) is 0.662. The molecule has 1 unspecified atom stereocenters. The predicted octanol–water partition coefficient (Wildman–Crippen LogP) is 0.239. The molecule has 0 spiro atoms. The van der Waals surface area contributed by atoms with E-state index in [0.717, 1.165) is 6.54 Å². The molecule has 3 nitrogen and oxygen atoms in total. The quantitative estimate of drug-likeness (QED) is 0.435. The molecule has 64 valence electrons. The monoisotopic (exact) mass is 156 g/mol. The Labute approximate surface area is 68.1 Å². The highest BCUT2D eigenvalue weighted by molar-refractivity contribution is 5.89. The van der Waals surface area contributed by atoms with Crippen LogP contribution in [0.25, 0.3) is 0 Å². The highest BCUT2D eigenvalue weighted by atomic mass is 16.2. The first-order chi connectivity index (χ1) is 5.17. The molecule has 0 saturated carbocycles. The van der Waals surface area contributed by atoms with Gasteiger partial charge in [-0.2, -0.15) is 0 Å². The highest BCUT2D eigenvalue weighted by Gasteiger charge is 2.31. The molecule has 1 saturated heterocycles. The van der Waals surface area contributed by atoms with Crippen molar-refractivity contribution in [2.75, 3.05) is 20.6 Å². The normalized spacial score (nSPS) is 19.9. The minimum absolute atomic E-state index is 0.0532. The van der Waals surface area contributed by atoms with E-state index in [1.165, 1.54) is 6.08 Å². The standard InChI is InChI=1S/C6H9NO.C2H7N/c1-3-6(8)7-4-5(7)2;1-3-2/h3,5H,1,4H2,2H3;3H,1-2H3. The molecule has 0 aliphatic carbocycles. The summed E-state index contributed by atoms with van der Waals surface area (Å²) in [6.07, 6.45) is 1.35. The first-order valence-electron chi connectivity index (χ1n) is 3.68. The first kappa shape index (κ1) is 10.2. The second-order valence-electron chi connectivity index (χ2n) is 2.54. The topological polar surface area (TPSA) is 32.1 Å². The molecular weight excluding hydrogens is 140 g/mol. The number of nitrogens with one attached hydrogen (secondary N) is 1. The van der Waals surface area contributed by atoms with Crippen LogP contribution in [-0.2, 0) is 4.79 Å². The van der Waals surface area contributed by atoms with Crippen LogP contribution in [0.4, 0.5) is 0 Å². The van der Waals surface area contributed by atoms with Gasteiger partial charge in [-0.3, -0.25) is 4.79 Å². The van der Waals surface area contributed by atoms with E-state index in [9.17, 15) is 4.79 Å². The molecular formula is C8H16N2O. The van der Waals surface area contributed by atoms with E-state index in [0.29, 0.717) is 6.04 Å². The van der Waals surface area contributed by atoms with Crippen molar-refractivity contribution in [3.63, 3.8) is 0 Å². The second kappa shape index (κ2) is 4.91. The zero-order valence-corrected chi connectivity index (χ0v) is 7.42. The summed E-state index contributed by atoms with van der Waals surface area (Å²) in [6, 6.07) is 0.459. The third kappa shape index (κ3) is 3.78. The highest BCUT2D eigenvalue weighted by Crippen LogP contribution is 2.15. The van der Waals surface area contributed by atoms with Gasteiger partial charge in [0.25, 0.3) is 0 Å². The second-order valence-corrected chi connectivity index (χ2v) is 2.54. The summed E-state index contributed by atoms with van der Waals surface area (Å²) in [4.78, 5) is 12.3. The molecule has 0 radical (unpaired) electrons. The summed E-state index contributed by atoms with van der Waals surface area (Å²) in [5.41, 5.74) is 0. The molecule has 11 heavy (non-hydrogen) atoms. The van der Waals surface area contributed by atoms with E-state index in [-0.39, 0.29) is 5.91 Å². The summed E-state index contributed by atoms with van der Waals surface area (Å²) >= 11 is 0. The number of nitrogens with zero attached hydrogens (tertiary/aromatic N) is 1. The average Bonchev–Trinajstić information content (AvgIpc) is 2.67. The SMILES string of the molecule is C=CC(=O)N1CC1C.CNC. The lowest BCUT2D eigenvalue weighted by atomic mass is 10.5. The Morgan fingerprint density at radius 1 is 1.73 bits per heavy atom. The number of carbonyl (C=O) groups excluding carboxylic acids is 1. The lowest BCUT2D eigenvalue weighted by Crippen LogP contribution is -2.07. The van der Waals surface area contributed by atoms with Gasteiger partial charge in [-0.15, -0.1) is 0 Å². The zero-order valence-electron chi connectivity index (χ0n) is 7.42. The first-order valence-corrected chi connectivity index (χ1v) is 3.68. The van der Waals surface area contributed by atoms with Gasteiger partial charge in [0, 0.05) is 12.6 Å². The van der Waals surface area contributed by atoms with Gasteiger partial charge in [0.1, 0.15) is 0 Å². The molecule has 0 aromatic heterocycles. The van der Waals surface area contributed by atoms with Crippen molar-refractivity contribution in [1.29, 1.82) is 0 Å². The van der Waals surface area contributed by atoms with E-state index < -0.39 is 0 Å². The van der Waals surface area contributed by atoms with E-state index in [2.05, 4.69) is 11.9 Å². The van der Waals surface area contributed by atoms with Gasteiger partial charge in [0.2, 0.25) is 5.91 Å². The van der Waals surface area contributed by atoms with Crippen molar-refractivity contribution >= 4 is 5.91 Å². The predicted molar refractivity (Wildman–Crippen MR) is 46.4 cm³/mol. The van der Waals surface area contributed by atoms with Crippen LogP contribution in [0.2, 0.25) is 0 Å². The fraction of sp³-hybridized carbons (Fsp3) is 0.625. The molecule has 1 heterocycles. The largest absolute Gasteiger partial charge is 0.333 e. The Morgan fingerprint density at radius 3 is 2.18 bits per heavy atom. The van der Waals surface area contributed by atoms with Gasteiger partial charge in [0.15, 0.2) is 0 Å². The Morgan fingerprint density at radius 2 is 2.09 bits per heavy atom. The van der Waals surface area contributed by atoms with Crippen molar-refractivity contribution in [3.05, 3.63) is 12.7 Å². The third-order valence-corrected chi connectivity index (χ3v) is 1.32. The third-order valence-electron chi connectivity index (χ3n) is 1.32. The molecule has 1 atom stereocenters. The smallest absolute Gasteiger partial charge is 0.246 e. The van der Waals surface area contributed by atoms with E-state index in [1.54, 1.807) is 4.90 Å². The molecule has 0 aromatic carbocycles. The number of carbonyl (C=O) groups is 1. The van der Waals surface area contributed by atoms with Gasteiger partial charge in [0.05, 0.1) is 0 Å². The van der Waals surface area contributed by atoms with Crippen LogP contribution < -0.4 is 5.32 Å². The van der Waals surface area contributed by atoms with Gasteiger partial charge < -0.3 is 10.2 Å². The maximum absolute atomic E-state index is 10.6. The molecule has 0 aromatic rings. The van der Waals surface area contributed by atoms with E-state index in [4.69, 9.17) is 0 Å². The number of hydrogen-bond donors (Lipinski definition) is 1. The van der Waals surface area contributed by atoms with Gasteiger partial charge in [-0.25, -0.2) is 0 Å². The Hall–Kier alpha value is -0.830. The number of rotatable bonds is 1. The molecule has 3 heteroatoms. The Balaban J connectivity index is 0.000000292. The van der Waals surface area contributed by atoms with E-state index >= 15 is 0 Å². The minimum Gasteiger partial charge on any atom is -0.333 e. The minimum atomic E-state index is 0.0532. The molecule has 1 rings (SSSR count). The molecule has 1 fully saturated rings. The number of hydrogen-bond acceptors (Lipinski definition) is 2. The van der Waals surface area contributed by atoms with Crippen molar-refractivity contribution in [2.45, 2.75) is 13.0 Å². The Kier molecular flexibility index (Phi) is 4.54. The Bertz CT molecular complexity index is 145. The van der Waals surface area contributed by atoms with E-state index in [1.807, 2.05) is 21.0 Å². The maximum atomic E-state index is 10.6. The molecule has 1 amide bonds. The van der Waals surface area contributed by atoms with Crippen molar-refractivity contribution in [3.8, 4) is 0 Å². The van der Waals surface area contributed by atoms with Crippen LogP contribution in [0.5, 0.6) is 0 Å².